The lowest BCUT2D eigenvalue weighted by atomic mass is 9.65. The Morgan fingerprint density at radius 2 is 1.82 bits per heavy atom. The summed E-state index contributed by atoms with van der Waals surface area (Å²) in [6.07, 6.45) is 2.81. The normalized spacial score (nSPS) is 22.7. The zero-order valence-corrected chi connectivity index (χ0v) is 22.3. The van der Waals surface area contributed by atoms with E-state index in [1.165, 1.54) is 6.07 Å². The zero-order valence-electron chi connectivity index (χ0n) is 22.3. The van der Waals surface area contributed by atoms with Gasteiger partial charge in [0.05, 0.1) is 20.8 Å². The molecule has 2 aromatic carbocycles. The van der Waals surface area contributed by atoms with Crippen molar-refractivity contribution >= 4 is 17.6 Å². The molecule has 3 amide bonds. The molecule has 0 bridgehead atoms. The first kappa shape index (κ1) is 27.6. The first-order valence-electron chi connectivity index (χ1n) is 12.9. The number of ether oxygens (including phenoxy) is 2. The highest BCUT2D eigenvalue weighted by Gasteiger charge is 2.53. The second-order valence-electron chi connectivity index (χ2n) is 10.3. The molecule has 0 aromatic heterocycles. The lowest BCUT2D eigenvalue weighted by Gasteiger charge is -2.45. The van der Waals surface area contributed by atoms with Gasteiger partial charge >= 0.3 is 6.03 Å². The van der Waals surface area contributed by atoms with E-state index < -0.39 is 17.7 Å². The lowest BCUT2D eigenvalue weighted by molar-refractivity contribution is -0.132. The predicted molar refractivity (Wildman–Crippen MR) is 141 cm³/mol. The van der Waals surface area contributed by atoms with Crippen molar-refractivity contribution in [3.05, 3.63) is 53.6 Å². The van der Waals surface area contributed by atoms with Crippen LogP contribution in [0.2, 0.25) is 0 Å². The standard InChI is InChI=1S/C28H36F2N4O4/c1-17(2)31-16-26(35)34-12-11-28(18-5-8-23(37-3)24(13-18)38-4)10-9-20(15-25(28)34)33-27(36)32-19-6-7-21(29)22(30)14-19/h5-8,13-14,17,20,25,31H,9-12,15-16H2,1-4H3,(H2,32,33,36). The zero-order chi connectivity index (χ0) is 27.4. The van der Waals surface area contributed by atoms with Crippen LogP contribution in [0.5, 0.6) is 11.5 Å². The van der Waals surface area contributed by atoms with Crippen LogP contribution < -0.4 is 25.4 Å². The molecule has 3 atom stereocenters. The van der Waals surface area contributed by atoms with E-state index in [9.17, 15) is 18.4 Å². The number of benzene rings is 2. The summed E-state index contributed by atoms with van der Waals surface area (Å²) < 4.78 is 37.8. The molecule has 2 fully saturated rings. The minimum Gasteiger partial charge on any atom is -0.493 e. The van der Waals surface area contributed by atoms with Crippen LogP contribution in [0.4, 0.5) is 19.3 Å². The number of nitrogens with zero attached hydrogens (tertiary/aromatic N) is 1. The van der Waals surface area contributed by atoms with E-state index >= 15 is 0 Å². The van der Waals surface area contributed by atoms with Crippen molar-refractivity contribution in [3.8, 4) is 11.5 Å². The molecule has 3 unspecified atom stereocenters. The maximum atomic E-state index is 13.6. The number of methoxy groups -OCH3 is 2. The van der Waals surface area contributed by atoms with E-state index in [1.54, 1.807) is 14.2 Å². The SMILES string of the molecule is COc1ccc(C23CCC(NC(=O)Nc4ccc(F)c(F)c4)CC2N(C(=O)CNC(C)C)CC3)cc1OC. The first-order valence-corrected chi connectivity index (χ1v) is 12.9. The number of amides is 3. The van der Waals surface area contributed by atoms with Gasteiger partial charge in [0.2, 0.25) is 5.91 Å². The third-order valence-corrected chi connectivity index (χ3v) is 7.71. The molecule has 3 N–H and O–H groups in total. The van der Waals surface area contributed by atoms with E-state index in [0.29, 0.717) is 30.9 Å². The number of rotatable bonds is 8. The van der Waals surface area contributed by atoms with Crippen molar-refractivity contribution in [2.24, 2.45) is 0 Å². The Kier molecular flexibility index (Phi) is 8.40. The molecule has 2 aliphatic rings. The molecule has 10 heteroatoms. The monoisotopic (exact) mass is 530 g/mol. The number of fused-ring (bicyclic) bond motifs is 1. The summed E-state index contributed by atoms with van der Waals surface area (Å²) in [4.78, 5) is 27.9. The Balaban J connectivity index is 1.55. The molecule has 0 spiro atoms. The Morgan fingerprint density at radius 3 is 2.50 bits per heavy atom. The molecule has 1 aliphatic heterocycles. The average Bonchev–Trinajstić information content (AvgIpc) is 3.29. The smallest absolute Gasteiger partial charge is 0.319 e. The minimum absolute atomic E-state index is 0.0259. The van der Waals surface area contributed by atoms with Gasteiger partial charge in [0, 0.05) is 41.8 Å². The first-order chi connectivity index (χ1) is 18.2. The molecule has 1 saturated heterocycles. The number of likely N-dealkylation sites (tertiary alicyclic amines) is 1. The number of nitrogens with one attached hydrogen (secondary N) is 3. The van der Waals surface area contributed by atoms with Gasteiger partial charge in [-0.2, -0.15) is 0 Å². The molecule has 4 rings (SSSR count). The summed E-state index contributed by atoms with van der Waals surface area (Å²) in [5, 5.41) is 8.76. The predicted octanol–water partition coefficient (Wildman–Crippen LogP) is 4.19. The summed E-state index contributed by atoms with van der Waals surface area (Å²) in [7, 11) is 3.20. The fraction of sp³-hybridized carbons (Fsp3) is 0.500. The number of anilines is 1. The van der Waals surface area contributed by atoms with Gasteiger partial charge in [0.1, 0.15) is 0 Å². The number of urea groups is 1. The summed E-state index contributed by atoms with van der Waals surface area (Å²) in [5.74, 6) is -0.711. The van der Waals surface area contributed by atoms with Gasteiger partial charge in [-0.15, -0.1) is 0 Å². The lowest BCUT2D eigenvalue weighted by Crippen LogP contribution is -2.55. The van der Waals surface area contributed by atoms with Crippen LogP contribution in [-0.4, -0.2) is 62.3 Å². The maximum Gasteiger partial charge on any atom is 0.319 e. The van der Waals surface area contributed by atoms with Gasteiger partial charge in [-0.1, -0.05) is 19.9 Å². The van der Waals surface area contributed by atoms with E-state index in [1.807, 2.05) is 36.9 Å². The Bertz CT molecular complexity index is 1180. The fourth-order valence-corrected chi connectivity index (χ4v) is 5.78. The molecule has 2 aromatic rings. The summed E-state index contributed by atoms with van der Waals surface area (Å²) >= 11 is 0. The van der Waals surface area contributed by atoms with Crippen molar-refractivity contribution < 1.29 is 27.8 Å². The summed E-state index contributed by atoms with van der Waals surface area (Å²) in [6.45, 7) is 4.85. The molecule has 38 heavy (non-hydrogen) atoms. The largest absolute Gasteiger partial charge is 0.493 e. The third kappa shape index (κ3) is 5.70. The highest BCUT2D eigenvalue weighted by atomic mass is 19.2. The second-order valence-corrected chi connectivity index (χ2v) is 10.3. The highest BCUT2D eigenvalue weighted by molar-refractivity contribution is 5.89. The molecular formula is C28H36F2N4O4. The van der Waals surface area contributed by atoms with Gasteiger partial charge in [-0.3, -0.25) is 4.79 Å². The fourth-order valence-electron chi connectivity index (χ4n) is 5.78. The summed E-state index contributed by atoms with van der Waals surface area (Å²) in [5.41, 5.74) is 0.952. The molecule has 0 radical (unpaired) electrons. The van der Waals surface area contributed by atoms with Crippen LogP contribution in [0.15, 0.2) is 36.4 Å². The second kappa shape index (κ2) is 11.6. The van der Waals surface area contributed by atoms with Crippen molar-refractivity contribution in [2.75, 3.05) is 32.6 Å². The van der Waals surface area contributed by atoms with E-state index in [-0.39, 0.29) is 41.7 Å². The number of hydrogen-bond donors (Lipinski definition) is 3. The maximum absolute atomic E-state index is 13.6. The number of carbonyl (C=O) groups excluding carboxylic acids is 2. The molecular weight excluding hydrogens is 494 g/mol. The van der Waals surface area contributed by atoms with E-state index in [2.05, 4.69) is 16.0 Å². The topological polar surface area (TPSA) is 91.9 Å². The summed E-state index contributed by atoms with van der Waals surface area (Å²) in [6, 6.07) is 8.48. The van der Waals surface area contributed by atoms with E-state index in [0.717, 1.165) is 30.5 Å². The molecule has 206 valence electrons. The van der Waals surface area contributed by atoms with Crippen LogP contribution in [0, 0.1) is 11.6 Å². The van der Waals surface area contributed by atoms with Gasteiger partial charge in [-0.25, -0.2) is 13.6 Å². The molecule has 1 aliphatic carbocycles. The van der Waals surface area contributed by atoms with Gasteiger partial charge in [-0.05, 0) is 55.5 Å². The van der Waals surface area contributed by atoms with Crippen LogP contribution in [0.1, 0.15) is 45.1 Å². The Morgan fingerprint density at radius 1 is 1.05 bits per heavy atom. The number of hydrogen-bond acceptors (Lipinski definition) is 5. The third-order valence-electron chi connectivity index (χ3n) is 7.71. The minimum atomic E-state index is -1.03. The van der Waals surface area contributed by atoms with Crippen LogP contribution in [-0.2, 0) is 10.2 Å². The van der Waals surface area contributed by atoms with Crippen LogP contribution in [0.25, 0.3) is 0 Å². The Labute approximate surface area is 222 Å². The number of carbonyl (C=O) groups is 2. The van der Waals surface area contributed by atoms with Crippen molar-refractivity contribution in [1.29, 1.82) is 0 Å². The average molecular weight is 531 g/mol. The number of halogens is 2. The Hall–Kier alpha value is -3.40. The van der Waals surface area contributed by atoms with Gasteiger partial charge in [0.15, 0.2) is 23.1 Å². The van der Waals surface area contributed by atoms with Gasteiger partial charge < -0.3 is 30.3 Å². The molecule has 8 nitrogen and oxygen atoms in total. The molecule has 1 saturated carbocycles. The highest BCUT2D eigenvalue weighted by Crippen LogP contribution is 2.50. The molecule has 1 heterocycles. The quantitative estimate of drug-likeness (QED) is 0.476. The van der Waals surface area contributed by atoms with Gasteiger partial charge in [0.25, 0.3) is 0 Å². The van der Waals surface area contributed by atoms with Crippen LogP contribution in [0.3, 0.4) is 0 Å². The van der Waals surface area contributed by atoms with Crippen molar-refractivity contribution in [3.63, 3.8) is 0 Å². The van der Waals surface area contributed by atoms with Crippen LogP contribution >= 0.6 is 0 Å². The van der Waals surface area contributed by atoms with E-state index in [4.69, 9.17) is 9.47 Å². The van der Waals surface area contributed by atoms with Crippen molar-refractivity contribution in [1.82, 2.24) is 15.5 Å². The van der Waals surface area contributed by atoms with Crippen molar-refractivity contribution in [2.45, 2.75) is 63.1 Å².